The Kier molecular flexibility index (Phi) is 4.99. The lowest BCUT2D eigenvalue weighted by molar-refractivity contribution is -0.114. The second kappa shape index (κ2) is 7.34. The summed E-state index contributed by atoms with van der Waals surface area (Å²) in [6.45, 7) is -0.0685. The Morgan fingerprint density at radius 1 is 1.21 bits per heavy atom. The first-order valence-electron chi connectivity index (χ1n) is 6.94. The van der Waals surface area contributed by atoms with E-state index in [1.807, 2.05) is 18.2 Å². The number of amides is 1. The minimum absolute atomic E-state index is 0.0685. The van der Waals surface area contributed by atoms with Crippen LogP contribution in [0.2, 0.25) is 0 Å². The van der Waals surface area contributed by atoms with Gasteiger partial charge in [0, 0.05) is 3.57 Å². The highest BCUT2D eigenvalue weighted by Gasteiger charge is 2.09. The molecular formula is C15H12FIN6O. The highest BCUT2D eigenvalue weighted by molar-refractivity contribution is 14.1. The molecule has 0 bridgehead atoms. The van der Waals surface area contributed by atoms with Gasteiger partial charge in [-0.2, -0.15) is 0 Å². The maximum atomic E-state index is 13.9. The van der Waals surface area contributed by atoms with Crippen LogP contribution in [0.4, 0.5) is 15.8 Å². The Morgan fingerprint density at radius 3 is 2.79 bits per heavy atom. The fourth-order valence-corrected chi connectivity index (χ4v) is 2.53. The summed E-state index contributed by atoms with van der Waals surface area (Å²) in [4.78, 5) is 12.0. The molecule has 7 nitrogen and oxygen atoms in total. The van der Waals surface area contributed by atoms with Crippen LogP contribution in [0, 0.1) is 9.39 Å². The number of nitrogens with zero attached hydrogens (tertiary/aromatic N) is 4. The van der Waals surface area contributed by atoms with E-state index in [0.29, 0.717) is 11.4 Å². The summed E-state index contributed by atoms with van der Waals surface area (Å²) in [6.07, 6.45) is 1.40. The molecule has 1 aromatic heterocycles. The number of benzene rings is 2. The Labute approximate surface area is 150 Å². The Balaban J connectivity index is 1.67. The first-order valence-corrected chi connectivity index (χ1v) is 8.02. The highest BCUT2D eigenvalue weighted by atomic mass is 127. The van der Waals surface area contributed by atoms with Crippen LogP contribution < -0.4 is 10.6 Å². The van der Waals surface area contributed by atoms with Gasteiger partial charge in [0.25, 0.3) is 0 Å². The fraction of sp³-hybridized carbons (Fsp3) is 0.0667. The predicted octanol–water partition coefficient (Wildman–Crippen LogP) is 2.46. The zero-order chi connectivity index (χ0) is 16.9. The van der Waals surface area contributed by atoms with Gasteiger partial charge in [-0.15, -0.1) is 5.10 Å². The molecular weight excluding hydrogens is 426 g/mol. The van der Waals surface area contributed by atoms with Crippen LogP contribution in [-0.4, -0.2) is 32.7 Å². The topological polar surface area (TPSA) is 84.7 Å². The molecule has 0 saturated carbocycles. The van der Waals surface area contributed by atoms with Crippen LogP contribution >= 0.6 is 22.6 Å². The number of aromatic nitrogens is 4. The number of halogens is 2. The van der Waals surface area contributed by atoms with Crippen molar-refractivity contribution in [1.29, 1.82) is 0 Å². The third-order valence-corrected chi connectivity index (χ3v) is 4.09. The van der Waals surface area contributed by atoms with Crippen molar-refractivity contribution in [3.63, 3.8) is 0 Å². The van der Waals surface area contributed by atoms with E-state index in [0.717, 1.165) is 3.57 Å². The second-order valence-corrected chi connectivity index (χ2v) is 5.96. The molecule has 0 spiro atoms. The first-order chi connectivity index (χ1) is 11.6. The third kappa shape index (κ3) is 3.85. The Morgan fingerprint density at radius 2 is 2.04 bits per heavy atom. The average Bonchev–Trinajstić information content (AvgIpc) is 3.11. The minimum atomic E-state index is -0.464. The fourth-order valence-electron chi connectivity index (χ4n) is 2.00. The van der Waals surface area contributed by atoms with Gasteiger partial charge in [-0.1, -0.05) is 12.1 Å². The molecule has 0 unspecified atom stereocenters. The molecule has 0 saturated heterocycles. The van der Waals surface area contributed by atoms with Crippen LogP contribution in [0.3, 0.4) is 0 Å². The predicted molar refractivity (Wildman–Crippen MR) is 95.4 cm³/mol. The van der Waals surface area contributed by atoms with Gasteiger partial charge in [-0.3, -0.25) is 4.79 Å². The van der Waals surface area contributed by atoms with Crippen LogP contribution in [0.25, 0.3) is 5.69 Å². The monoisotopic (exact) mass is 438 g/mol. The highest BCUT2D eigenvalue weighted by Crippen LogP contribution is 2.19. The lowest BCUT2D eigenvalue weighted by Crippen LogP contribution is -2.22. The van der Waals surface area contributed by atoms with E-state index in [4.69, 9.17) is 0 Å². The van der Waals surface area contributed by atoms with Crippen LogP contribution in [0.15, 0.2) is 48.8 Å². The average molecular weight is 438 g/mol. The SMILES string of the molecule is O=C(CNc1cc(-n2cnnn2)ccc1F)Nc1ccccc1I. The van der Waals surface area contributed by atoms with Crippen LogP contribution in [0.5, 0.6) is 0 Å². The van der Waals surface area contributed by atoms with Gasteiger partial charge in [0.15, 0.2) is 0 Å². The zero-order valence-electron chi connectivity index (χ0n) is 12.3. The van der Waals surface area contributed by atoms with Crippen molar-refractivity contribution < 1.29 is 9.18 Å². The number of anilines is 2. The number of para-hydroxylation sites is 1. The summed E-state index contributed by atoms with van der Waals surface area (Å²) in [5.74, 6) is -0.736. The minimum Gasteiger partial charge on any atom is -0.374 e. The molecule has 9 heteroatoms. The molecule has 0 fully saturated rings. The van der Waals surface area contributed by atoms with Gasteiger partial charge in [0.2, 0.25) is 5.91 Å². The molecule has 0 atom stereocenters. The van der Waals surface area contributed by atoms with E-state index in [9.17, 15) is 9.18 Å². The van der Waals surface area contributed by atoms with E-state index < -0.39 is 5.82 Å². The van der Waals surface area contributed by atoms with E-state index >= 15 is 0 Å². The summed E-state index contributed by atoms with van der Waals surface area (Å²) < 4.78 is 16.2. The van der Waals surface area contributed by atoms with Crippen molar-refractivity contribution in [2.75, 3.05) is 17.2 Å². The Hall–Kier alpha value is -2.56. The molecule has 0 aliphatic carbocycles. The summed E-state index contributed by atoms with van der Waals surface area (Å²) in [6, 6.07) is 11.8. The van der Waals surface area contributed by atoms with Crippen LogP contribution in [-0.2, 0) is 4.79 Å². The lowest BCUT2D eigenvalue weighted by atomic mass is 10.2. The van der Waals surface area contributed by atoms with Gasteiger partial charge >= 0.3 is 0 Å². The molecule has 122 valence electrons. The van der Waals surface area contributed by atoms with Crippen molar-refractivity contribution in [3.8, 4) is 5.69 Å². The number of carbonyl (C=O) groups excluding carboxylic acids is 1. The Bertz CT molecular complexity index is 855. The molecule has 0 aliphatic rings. The number of hydrogen-bond acceptors (Lipinski definition) is 5. The number of carbonyl (C=O) groups is 1. The van der Waals surface area contributed by atoms with Gasteiger partial charge < -0.3 is 10.6 Å². The van der Waals surface area contributed by atoms with Gasteiger partial charge in [0.05, 0.1) is 23.6 Å². The molecule has 0 radical (unpaired) electrons. The molecule has 1 heterocycles. The number of rotatable bonds is 5. The molecule has 3 rings (SSSR count). The lowest BCUT2D eigenvalue weighted by Gasteiger charge is -2.10. The number of hydrogen-bond donors (Lipinski definition) is 2. The van der Waals surface area contributed by atoms with E-state index in [-0.39, 0.29) is 18.1 Å². The maximum Gasteiger partial charge on any atom is 0.243 e. The quantitative estimate of drug-likeness (QED) is 0.598. The third-order valence-electron chi connectivity index (χ3n) is 3.15. The van der Waals surface area contributed by atoms with Crippen LogP contribution in [0.1, 0.15) is 0 Å². The first kappa shape index (κ1) is 16.3. The molecule has 2 N–H and O–H groups in total. The van der Waals surface area contributed by atoms with E-state index in [1.165, 1.54) is 23.1 Å². The number of nitrogens with one attached hydrogen (secondary N) is 2. The summed E-state index contributed by atoms with van der Waals surface area (Å²) in [7, 11) is 0. The van der Waals surface area contributed by atoms with Crippen molar-refractivity contribution in [2.24, 2.45) is 0 Å². The van der Waals surface area contributed by atoms with Gasteiger partial charge in [0.1, 0.15) is 12.1 Å². The molecule has 24 heavy (non-hydrogen) atoms. The molecule has 0 aliphatic heterocycles. The van der Waals surface area contributed by atoms with Gasteiger partial charge in [-0.25, -0.2) is 9.07 Å². The molecule has 2 aromatic carbocycles. The summed E-state index contributed by atoms with van der Waals surface area (Å²) >= 11 is 2.13. The zero-order valence-corrected chi connectivity index (χ0v) is 14.4. The van der Waals surface area contributed by atoms with Crippen molar-refractivity contribution in [2.45, 2.75) is 0 Å². The van der Waals surface area contributed by atoms with Crippen molar-refractivity contribution >= 4 is 39.9 Å². The van der Waals surface area contributed by atoms with E-state index in [2.05, 4.69) is 48.7 Å². The largest absolute Gasteiger partial charge is 0.374 e. The summed E-state index contributed by atoms with van der Waals surface area (Å²) in [5, 5.41) is 16.4. The second-order valence-electron chi connectivity index (χ2n) is 4.80. The smallest absolute Gasteiger partial charge is 0.243 e. The normalized spacial score (nSPS) is 10.4. The molecule has 3 aromatic rings. The van der Waals surface area contributed by atoms with Gasteiger partial charge in [-0.05, 0) is 63.3 Å². The van der Waals surface area contributed by atoms with Crippen molar-refractivity contribution in [3.05, 3.63) is 58.2 Å². The standard InChI is InChI=1S/C15H12FIN6O/c16-11-6-5-10(23-9-19-21-22-23)7-14(11)18-8-15(24)20-13-4-2-1-3-12(13)17/h1-7,9,18H,8H2,(H,20,24). The number of tetrazole rings is 1. The molecule has 1 amide bonds. The summed E-state index contributed by atoms with van der Waals surface area (Å²) in [5.41, 5.74) is 1.50. The maximum absolute atomic E-state index is 13.9. The van der Waals surface area contributed by atoms with E-state index in [1.54, 1.807) is 12.1 Å². The van der Waals surface area contributed by atoms with Crippen molar-refractivity contribution in [1.82, 2.24) is 20.2 Å².